The molecule has 1 heterocycles. The molecule has 0 saturated heterocycles. The fourth-order valence-electron chi connectivity index (χ4n) is 2.46. The second-order valence-corrected chi connectivity index (χ2v) is 6.73. The van der Waals surface area contributed by atoms with E-state index in [1.54, 1.807) is 29.6 Å². The van der Waals surface area contributed by atoms with Crippen LogP contribution >= 0.6 is 11.3 Å². The molecule has 0 bridgehead atoms. The van der Waals surface area contributed by atoms with Gasteiger partial charge in [-0.3, -0.25) is 4.79 Å². The van der Waals surface area contributed by atoms with Crippen LogP contribution in [0.2, 0.25) is 0 Å². The highest BCUT2D eigenvalue weighted by molar-refractivity contribution is 7.12. The molecule has 0 saturated carbocycles. The van der Waals surface area contributed by atoms with Crippen LogP contribution in [0.4, 0.5) is 4.39 Å². The minimum atomic E-state index is -0.669. The van der Waals surface area contributed by atoms with Gasteiger partial charge in [-0.15, -0.1) is 11.3 Å². The third-order valence-electron chi connectivity index (χ3n) is 3.89. The van der Waals surface area contributed by atoms with Crippen molar-refractivity contribution in [2.24, 2.45) is 0 Å². The number of Topliss-reactive ketones (excluding diaryl/α,β-unsaturated/α-hetero) is 1. The number of thiophene rings is 1. The number of ketones is 1. The van der Waals surface area contributed by atoms with Gasteiger partial charge >= 0.3 is 5.97 Å². The SMILES string of the molecule is COc1cc(/C=C(\C#N)C(=O)c2cccs2)ccc1OC(=O)c1ccc(F)cc1. The maximum Gasteiger partial charge on any atom is 0.343 e. The van der Waals surface area contributed by atoms with Gasteiger partial charge in [-0.1, -0.05) is 12.1 Å². The summed E-state index contributed by atoms with van der Waals surface area (Å²) in [6, 6.07) is 14.9. The van der Waals surface area contributed by atoms with Crippen LogP contribution in [0.1, 0.15) is 25.6 Å². The smallest absolute Gasteiger partial charge is 0.343 e. The fraction of sp³-hybridized carbons (Fsp3) is 0.0455. The molecule has 0 radical (unpaired) electrons. The van der Waals surface area contributed by atoms with E-state index in [1.807, 2.05) is 6.07 Å². The van der Waals surface area contributed by atoms with Crippen molar-refractivity contribution >= 4 is 29.2 Å². The van der Waals surface area contributed by atoms with Crippen LogP contribution in [-0.2, 0) is 0 Å². The van der Waals surface area contributed by atoms with E-state index in [2.05, 4.69) is 0 Å². The van der Waals surface area contributed by atoms with Crippen LogP contribution in [-0.4, -0.2) is 18.9 Å². The monoisotopic (exact) mass is 407 g/mol. The number of nitriles is 1. The Hall–Kier alpha value is -3.76. The topological polar surface area (TPSA) is 76.4 Å². The largest absolute Gasteiger partial charge is 0.493 e. The average Bonchev–Trinajstić information content (AvgIpc) is 3.27. The zero-order chi connectivity index (χ0) is 20.8. The molecule has 3 rings (SSSR count). The maximum absolute atomic E-state index is 13.0. The number of methoxy groups -OCH3 is 1. The van der Waals surface area contributed by atoms with Crippen LogP contribution in [0.15, 0.2) is 65.6 Å². The lowest BCUT2D eigenvalue weighted by molar-refractivity contribution is 0.0729. The number of benzene rings is 2. The minimum Gasteiger partial charge on any atom is -0.493 e. The van der Waals surface area contributed by atoms with Gasteiger partial charge in [-0.25, -0.2) is 9.18 Å². The Morgan fingerprint density at radius 3 is 2.48 bits per heavy atom. The average molecular weight is 407 g/mol. The van der Waals surface area contributed by atoms with Crippen molar-refractivity contribution in [1.29, 1.82) is 5.26 Å². The number of carbonyl (C=O) groups excluding carboxylic acids is 2. The Labute approximate surface area is 170 Å². The molecule has 0 aliphatic rings. The van der Waals surface area contributed by atoms with Crippen molar-refractivity contribution in [3.8, 4) is 17.6 Å². The van der Waals surface area contributed by atoms with E-state index >= 15 is 0 Å². The molecule has 0 unspecified atom stereocenters. The second kappa shape index (κ2) is 8.95. The van der Waals surface area contributed by atoms with Crippen LogP contribution in [0, 0.1) is 17.1 Å². The molecule has 0 aliphatic heterocycles. The number of ether oxygens (including phenoxy) is 2. The third-order valence-corrected chi connectivity index (χ3v) is 4.76. The number of halogens is 1. The summed E-state index contributed by atoms with van der Waals surface area (Å²) in [5.41, 5.74) is 0.696. The van der Waals surface area contributed by atoms with Crippen molar-refractivity contribution in [2.75, 3.05) is 7.11 Å². The first-order valence-corrected chi connectivity index (χ1v) is 9.25. The summed E-state index contributed by atoms with van der Waals surface area (Å²) in [5.74, 6) is -1.09. The standard InChI is InChI=1S/C22H14FNO4S/c1-27-19-12-14(11-16(13-24)21(25)20-3-2-10-29-20)4-9-18(19)28-22(26)15-5-7-17(23)8-6-15/h2-12H,1H3/b16-11+. The zero-order valence-electron chi connectivity index (χ0n) is 15.2. The molecule has 7 heteroatoms. The molecular weight excluding hydrogens is 393 g/mol. The lowest BCUT2D eigenvalue weighted by atomic mass is 10.1. The van der Waals surface area contributed by atoms with E-state index in [4.69, 9.17) is 9.47 Å². The Balaban J connectivity index is 1.84. The lowest BCUT2D eigenvalue weighted by Gasteiger charge is -2.10. The molecule has 144 valence electrons. The minimum absolute atomic E-state index is 0.0226. The van der Waals surface area contributed by atoms with Gasteiger partial charge in [-0.05, 0) is 59.5 Å². The molecule has 1 aromatic heterocycles. The Bertz CT molecular complexity index is 1110. The van der Waals surface area contributed by atoms with E-state index in [-0.39, 0.29) is 28.4 Å². The van der Waals surface area contributed by atoms with Gasteiger partial charge in [0.15, 0.2) is 11.5 Å². The first-order chi connectivity index (χ1) is 14.0. The van der Waals surface area contributed by atoms with Crippen molar-refractivity contribution in [3.63, 3.8) is 0 Å². The molecular formula is C22H14FNO4S. The predicted molar refractivity (Wildman–Crippen MR) is 107 cm³/mol. The summed E-state index contributed by atoms with van der Waals surface area (Å²) >= 11 is 1.25. The Kier molecular flexibility index (Phi) is 6.17. The van der Waals surface area contributed by atoms with E-state index in [9.17, 15) is 19.2 Å². The second-order valence-electron chi connectivity index (χ2n) is 5.78. The molecule has 0 fully saturated rings. The Morgan fingerprint density at radius 1 is 1.10 bits per heavy atom. The number of nitrogens with zero attached hydrogens (tertiary/aromatic N) is 1. The Morgan fingerprint density at radius 2 is 1.86 bits per heavy atom. The predicted octanol–water partition coefficient (Wildman–Crippen LogP) is 4.90. The molecule has 2 aromatic carbocycles. The highest BCUT2D eigenvalue weighted by atomic mass is 32.1. The summed E-state index contributed by atoms with van der Waals surface area (Å²) in [6.07, 6.45) is 1.44. The van der Waals surface area contributed by atoms with E-state index < -0.39 is 11.8 Å². The van der Waals surface area contributed by atoms with Gasteiger partial charge in [-0.2, -0.15) is 5.26 Å². The third kappa shape index (κ3) is 4.75. The van der Waals surface area contributed by atoms with Crippen LogP contribution in [0.5, 0.6) is 11.5 Å². The van der Waals surface area contributed by atoms with Crippen molar-refractivity contribution in [3.05, 3.63) is 87.4 Å². The molecule has 0 aliphatic carbocycles. The molecule has 0 atom stereocenters. The maximum atomic E-state index is 13.0. The number of esters is 1. The normalized spacial score (nSPS) is 10.9. The van der Waals surface area contributed by atoms with Gasteiger partial charge in [0.1, 0.15) is 17.5 Å². The van der Waals surface area contributed by atoms with Crippen molar-refractivity contribution in [2.45, 2.75) is 0 Å². The molecule has 3 aromatic rings. The van der Waals surface area contributed by atoms with Gasteiger partial charge in [0.25, 0.3) is 0 Å². The lowest BCUT2D eigenvalue weighted by Crippen LogP contribution is -2.09. The zero-order valence-corrected chi connectivity index (χ0v) is 16.0. The molecule has 0 N–H and O–H groups in total. The summed E-state index contributed by atoms with van der Waals surface area (Å²) in [4.78, 5) is 25.1. The number of hydrogen-bond acceptors (Lipinski definition) is 6. The first kappa shape index (κ1) is 20.0. The van der Waals surface area contributed by atoms with Crippen LogP contribution in [0.25, 0.3) is 6.08 Å². The fourth-order valence-corrected chi connectivity index (χ4v) is 3.14. The van der Waals surface area contributed by atoms with Gasteiger partial charge < -0.3 is 9.47 Å². The summed E-state index contributed by atoms with van der Waals surface area (Å²) in [5, 5.41) is 11.1. The first-order valence-electron chi connectivity index (χ1n) is 8.37. The van der Waals surface area contributed by atoms with Crippen LogP contribution in [0.3, 0.4) is 0 Å². The van der Waals surface area contributed by atoms with Gasteiger partial charge in [0, 0.05) is 0 Å². The summed E-state index contributed by atoms with van der Waals surface area (Å²) in [7, 11) is 1.40. The number of carbonyl (C=O) groups is 2. The summed E-state index contributed by atoms with van der Waals surface area (Å²) in [6.45, 7) is 0. The van der Waals surface area contributed by atoms with Gasteiger partial charge in [0.2, 0.25) is 5.78 Å². The summed E-state index contributed by atoms with van der Waals surface area (Å²) < 4.78 is 23.6. The van der Waals surface area contributed by atoms with E-state index in [1.165, 1.54) is 42.7 Å². The quantitative estimate of drug-likeness (QED) is 0.191. The molecule has 0 amide bonds. The number of hydrogen-bond donors (Lipinski definition) is 0. The molecule has 5 nitrogen and oxygen atoms in total. The number of allylic oxidation sites excluding steroid dienone is 1. The van der Waals surface area contributed by atoms with Crippen molar-refractivity contribution < 1.29 is 23.5 Å². The number of rotatable bonds is 6. The van der Waals surface area contributed by atoms with Crippen LogP contribution < -0.4 is 9.47 Å². The van der Waals surface area contributed by atoms with E-state index in [0.717, 1.165) is 12.1 Å². The van der Waals surface area contributed by atoms with Crippen molar-refractivity contribution in [1.82, 2.24) is 0 Å². The molecule has 29 heavy (non-hydrogen) atoms. The molecule has 0 spiro atoms. The van der Waals surface area contributed by atoms with E-state index in [0.29, 0.717) is 10.4 Å². The highest BCUT2D eigenvalue weighted by Crippen LogP contribution is 2.30. The van der Waals surface area contributed by atoms with Gasteiger partial charge in [0.05, 0.1) is 17.6 Å². The highest BCUT2D eigenvalue weighted by Gasteiger charge is 2.15.